The van der Waals surface area contributed by atoms with E-state index in [9.17, 15) is 13.7 Å². The zero-order valence-corrected chi connectivity index (χ0v) is 23.1. The molecule has 2 aromatic heterocycles. The van der Waals surface area contributed by atoms with Crippen LogP contribution in [0.5, 0.6) is 0 Å². The summed E-state index contributed by atoms with van der Waals surface area (Å²) < 4.78 is 41.7. The van der Waals surface area contributed by atoms with Crippen molar-refractivity contribution in [3.8, 4) is 0 Å². The number of hydrogen-bond acceptors (Lipinski definition) is 5. The van der Waals surface area contributed by atoms with E-state index in [1.807, 2.05) is 23.6 Å². The Labute approximate surface area is 215 Å². The van der Waals surface area contributed by atoms with E-state index < -0.39 is 33.5 Å². The second-order valence-corrected chi connectivity index (χ2v) is 17.4. The van der Waals surface area contributed by atoms with Crippen LogP contribution >= 0.6 is 22.7 Å². The van der Waals surface area contributed by atoms with Crippen LogP contribution < -0.4 is 0 Å². The molecule has 2 saturated carbocycles. The predicted molar refractivity (Wildman–Crippen MR) is 143 cm³/mol. The third-order valence-corrected chi connectivity index (χ3v) is 16.1. The highest BCUT2D eigenvalue weighted by Gasteiger charge is 2.45. The van der Waals surface area contributed by atoms with Crippen molar-refractivity contribution in [2.24, 2.45) is 5.92 Å². The molecule has 182 valence electrons. The molecule has 1 saturated heterocycles. The first-order chi connectivity index (χ1) is 16.1. The summed E-state index contributed by atoms with van der Waals surface area (Å²) in [6, 6.07) is 5.91. The minimum atomic E-state index is -1.13. The largest absolute Gasteiger partial charge is 0.616 e. The third kappa shape index (κ3) is 5.68. The summed E-state index contributed by atoms with van der Waals surface area (Å²) in [7, 11) is 0. The first-order valence-corrected chi connectivity index (χ1v) is 17.9. The summed E-state index contributed by atoms with van der Waals surface area (Å²) in [5, 5.41) is 5.04. The number of hydrogen-bond donors (Lipinski definition) is 0. The van der Waals surface area contributed by atoms with Gasteiger partial charge in [-0.1, -0.05) is 29.1 Å². The molecule has 3 aliphatic rings. The van der Waals surface area contributed by atoms with Crippen molar-refractivity contribution < 1.29 is 13.7 Å². The van der Waals surface area contributed by atoms with E-state index in [1.165, 1.54) is 30.6 Å². The molecule has 33 heavy (non-hydrogen) atoms. The average molecular weight is 543 g/mol. The monoisotopic (exact) mass is 542 g/mol. The highest BCUT2D eigenvalue weighted by molar-refractivity contribution is 7.95. The Morgan fingerprint density at radius 1 is 0.848 bits per heavy atom. The van der Waals surface area contributed by atoms with Crippen LogP contribution in [0.25, 0.3) is 0 Å². The van der Waals surface area contributed by atoms with Crippen LogP contribution in [-0.4, -0.2) is 29.4 Å². The maximum absolute atomic E-state index is 13.8. The fraction of sp³-hybridized carbons (Fsp3) is 0.680. The van der Waals surface area contributed by atoms with Crippen molar-refractivity contribution in [2.45, 2.75) is 106 Å². The molecule has 0 bridgehead atoms. The first-order valence-electron chi connectivity index (χ1n) is 12.4. The van der Waals surface area contributed by atoms with Crippen LogP contribution in [0.3, 0.4) is 0 Å². The average Bonchev–Trinajstić information content (AvgIpc) is 3.57. The number of rotatable bonds is 6. The van der Waals surface area contributed by atoms with Crippen LogP contribution in [0.4, 0.5) is 0 Å². The highest BCUT2D eigenvalue weighted by atomic mass is 32.3. The number of thiophene rings is 2. The summed E-state index contributed by atoms with van der Waals surface area (Å²) in [4.78, 5) is 0. The normalized spacial score (nSPS) is 33.6. The molecule has 7 unspecified atom stereocenters. The molecule has 2 aliphatic carbocycles. The van der Waals surface area contributed by atoms with Crippen molar-refractivity contribution in [3.05, 3.63) is 34.5 Å². The summed E-state index contributed by atoms with van der Waals surface area (Å²) in [6.45, 7) is 0. The molecule has 8 heteroatoms. The minimum absolute atomic E-state index is 0.0540. The summed E-state index contributed by atoms with van der Waals surface area (Å²) in [5.41, 5.74) is 1.11. The molecule has 0 N–H and O–H groups in total. The molecule has 2 aromatic rings. The summed E-state index contributed by atoms with van der Waals surface area (Å²) in [5.74, 6) is 0.443. The van der Waals surface area contributed by atoms with Crippen molar-refractivity contribution in [1.82, 2.24) is 0 Å². The maximum atomic E-state index is 13.8. The quantitative estimate of drug-likeness (QED) is 0.371. The second-order valence-electron chi connectivity index (χ2n) is 9.82. The zero-order chi connectivity index (χ0) is 22.8. The molecule has 0 radical (unpaired) electrons. The molecule has 3 nitrogen and oxygen atoms in total. The molecule has 0 aromatic carbocycles. The Morgan fingerprint density at radius 3 is 2.42 bits per heavy atom. The van der Waals surface area contributed by atoms with Gasteiger partial charge in [0.15, 0.2) is 0 Å². The topological polar surface area (TPSA) is 69.2 Å². The Morgan fingerprint density at radius 2 is 1.64 bits per heavy atom. The first kappa shape index (κ1) is 25.0. The van der Waals surface area contributed by atoms with Crippen LogP contribution in [-0.2, 0) is 33.5 Å². The van der Waals surface area contributed by atoms with E-state index in [0.29, 0.717) is 16.4 Å². The van der Waals surface area contributed by atoms with E-state index in [4.69, 9.17) is 0 Å². The van der Waals surface area contributed by atoms with Gasteiger partial charge >= 0.3 is 0 Å². The van der Waals surface area contributed by atoms with Crippen molar-refractivity contribution in [2.75, 3.05) is 0 Å². The van der Waals surface area contributed by atoms with Crippen LogP contribution in [0.2, 0.25) is 0 Å². The fourth-order valence-corrected chi connectivity index (χ4v) is 14.0. The fourth-order valence-electron chi connectivity index (χ4n) is 6.04. The Balaban J connectivity index is 1.24. The molecular formula is C25H34O3S5. The molecule has 0 spiro atoms. The molecule has 0 amide bonds. The van der Waals surface area contributed by atoms with Gasteiger partial charge in [-0.2, -0.15) is 0 Å². The minimum Gasteiger partial charge on any atom is -0.616 e. The predicted octanol–water partition coefficient (Wildman–Crippen LogP) is 6.96. The van der Waals surface area contributed by atoms with Gasteiger partial charge in [0, 0.05) is 46.6 Å². The van der Waals surface area contributed by atoms with Gasteiger partial charge in [-0.3, -0.25) is 0 Å². The van der Waals surface area contributed by atoms with Gasteiger partial charge < -0.3 is 13.7 Å². The van der Waals surface area contributed by atoms with Crippen LogP contribution in [0.15, 0.2) is 37.4 Å². The van der Waals surface area contributed by atoms with Crippen molar-refractivity contribution in [3.63, 3.8) is 0 Å². The lowest BCUT2D eigenvalue weighted by molar-refractivity contribution is 0.316. The zero-order valence-electron chi connectivity index (χ0n) is 19.0. The maximum Gasteiger partial charge on any atom is 0.213 e. The lowest BCUT2D eigenvalue weighted by atomic mass is 9.84. The van der Waals surface area contributed by atoms with Gasteiger partial charge in [-0.15, -0.1) is 0 Å². The molecule has 5 rings (SSSR count). The van der Waals surface area contributed by atoms with E-state index >= 15 is 0 Å². The van der Waals surface area contributed by atoms with E-state index in [-0.39, 0.29) is 10.5 Å². The van der Waals surface area contributed by atoms with Gasteiger partial charge in [0.25, 0.3) is 0 Å². The summed E-state index contributed by atoms with van der Waals surface area (Å²) >= 11 is 0.290. The standard InChI is InChI=1S/C25H34O3S5/c26-31(20-8-2-1-3-9-20)21-10-4-7-18(15-21)22-11-5-12-23(32(22)27)19-16-25(30-17-19)33(28)24-13-6-14-29-24/h6,13-14,16-18,20-23H,1-5,7-12,15H2. The second kappa shape index (κ2) is 11.6. The van der Waals surface area contributed by atoms with E-state index in [2.05, 4.69) is 5.38 Å². The van der Waals surface area contributed by atoms with Gasteiger partial charge in [0.2, 0.25) is 8.42 Å². The van der Waals surface area contributed by atoms with Gasteiger partial charge in [-0.25, -0.2) is 0 Å². The van der Waals surface area contributed by atoms with E-state index in [1.54, 1.807) is 11.3 Å². The lowest BCUT2D eigenvalue weighted by Gasteiger charge is -2.41. The van der Waals surface area contributed by atoms with Crippen LogP contribution in [0, 0.1) is 5.92 Å². The SMILES string of the molecule is [O-][S+](c1cccs1)c1cc(C2CCCC(C3CCCC([S+]([O-])C4CCCCC4)C3)[S+]2[O-])cs1. The summed E-state index contributed by atoms with van der Waals surface area (Å²) in [6.07, 6.45) is 13.5. The molecule has 1 aliphatic heterocycles. The third-order valence-electron chi connectivity index (χ3n) is 7.76. The Kier molecular flexibility index (Phi) is 8.78. The Bertz CT molecular complexity index is 865. The van der Waals surface area contributed by atoms with Gasteiger partial charge in [0.05, 0.1) is 0 Å². The van der Waals surface area contributed by atoms with Crippen molar-refractivity contribution >= 4 is 56.2 Å². The molecule has 3 fully saturated rings. The smallest absolute Gasteiger partial charge is 0.213 e. The van der Waals surface area contributed by atoms with Crippen LogP contribution in [0.1, 0.15) is 87.9 Å². The molecule has 3 heterocycles. The lowest BCUT2D eigenvalue weighted by Crippen LogP contribution is -2.43. The highest BCUT2D eigenvalue weighted by Crippen LogP contribution is 2.46. The molecular weight excluding hydrogens is 509 g/mol. The van der Waals surface area contributed by atoms with Gasteiger partial charge in [-0.05, 0) is 98.0 Å². The van der Waals surface area contributed by atoms with Gasteiger partial charge in [0.1, 0.15) is 21.0 Å². The Hall–Kier alpha value is 0.330. The van der Waals surface area contributed by atoms with E-state index in [0.717, 1.165) is 71.8 Å². The molecule has 7 atom stereocenters. The van der Waals surface area contributed by atoms with Crippen molar-refractivity contribution in [1.29, 1.82) is 0 Å².